The van der Waals surface area contributed by atoms with Crippen LogP contribution >= 0.6 is 0 Å². The predicted octanol–water partition coefficient (Wildman–Crippen LogP) is 4.61. The topological polar surface area (TPSA) is 61.1 Å². The van der Waals surface area contributed by atoms with E-state index in [-0.39, 0.29) is 0 Å². The number of nitrogens with one attached hydrogen (secondary N) is 1. The molecule has 0 amide bonds. The van der Waals surface area contributed by atoms with Crippen LogP contribution in [0.1, 0.15) is 46.5 Å². The van der Waals surface area contributed by atoms with Crippen LogP contribution in [0, 0.1) is 17.2 Å². The molecule has 2 unspecified atom stereocenters. The molecule has 1 aliphatic rings. The van der Waals surface area contributed by atoms with E-state index in [0.717, 1.165) is 17.7 Å². The molecule has 0 aromatic carbocycles. The summed E-state index contributed by atoms with van der Waals surface area (Å²) in [5, 5.41) is 16.1. The SMILES string of the molecule is C=C/C=C(\C=C/C)C(C)C(=O)O.CCC1CCCC1=N. The van der Waals surface area contributed by atoms with Crippen molar-refractivity contribution in [1.29, 1.82) is 5.41 Å². The van der Waals surface area contributed by atoms with E-state index in [1.807, 2.05) is 13.0 Å². The average Bonchev–Trinajstić information content (AvgIpc) is 2.83. The zero-order valence-corrected chi connectivity index (χ0v) is 12.9. The Labute approximate surface area is 122 Å². The van der Waals surface area contributed by atoms with Crippen LogP contribution in [-0.2, 0) is 4.79 Å². The summed E-state index contributed by atoms with van der Waals surface area (Å²) in [5.41, 5.74) is 1.76. The molecular formula is C17H27NO2. The number of carboxylic acids is 1. The standard InChI is InChI=1S/C10H14O2.C7H13N/c1-4-6-9(7-5-2)8(3)10(11)12;1-2-6-4-3-5-7(6)8/h4-8H,1H2,2-3H3,(H,11,12);6,8H,2-5H2,1H3/b7-5-,9-6+;. The molecule has 1 fully saturated rings. The van der Waals surface area contributed by atoms with Crippen molar-refractivity contribution >= 4 is 11.7 Å². The second-order valence-electron chi connectivity index (χ2n) is 4.98. The van der Waals surface area contributed by atoms with Crippen molar-refractivity contribution in [3.63, 3.8) is 0 Å². The highest BCUT2D eigenvalue weighted by Gasteiger charge is 2.17. The van der Waals surface area contributed by atoms with Gasteiger partial charge in [-0.3, -0.25) is 4.79 Å². The number of rotatable bonds is 5. The molecule has 112 valence electrons. The van der Waals surface area contributed by atoms with Gasteiger partial charge in [0.1, 0.15) is 0 Å². The Kier molecular flexibility index (Phi) is 9.35. The minimum absolute atomic E-state index is 0.473. The van der Waals surface area contributed by atoms with Crippen LogP contribution in [0.15, 0.2) is 36.5 Å². The number of hydrogen-bond acceptors (Lipinski definition) is 2. The molecule has 1 saturated carbocycles. The van der Waals surface area contributed by atoms with Crippen LogP contribution in [0.2, 0.25) is 0 Å². The van der Waals surface area contributed by atoms with Crippen molar-refractivity contribution < 1.29 is 9.90 Å². The van der Waals surface area contributed by atoms with Crippen LogP contribution in [0.25, 0.3) is 0 Å². The predicted molar refractivity (Wildman–Crippen MR) is 85.3 cm³/mol. The minimum Gasteiger partial charge on any atom is -0.481 e. The van der Waals surface area contributed by atoms with Crippen LogP contribution < -0.4 is 0 Å². The summed E-state index contributed by atoms with van der Waals surface area (Å²) in [6.45, 7) is 9.20. The Morgan fingerprint density at radius 1 is 1.60 bits per heavy atom. The second-order valence-corrected chi connectivity index (χ2v) is 4.98. The summed E-state index contributed by atoms with van der Waals surface area (Å²) >= 11 is 0. The quantitative estimate of drug-likeness (QED) is 0.721. The van der Waals surface area contributed by atoms with Gasteiger partial charge in [-0.25, -0.2) is 0 Å². The molecule has 0 saturated heterocycles. The number of aliphatic carboxylic acids is 1. The first kappa shape index (κ1) is 18.4. The molecule has 0 heterocycles. The van der Waals surface area contributed by atoms with E-state index >= 15 is 0 Å². The molecule has 0 spiro atoms. The van der Waals surface area contributed by atoms with Gasteiger partial charge >= 0.3 is 5.97 Å². The third-order valence-corrected chi connectivity index (χ3v) is 3.52. The van der Waals surface area contributed by atoms with E-state index < -0.39 is 11.9 Å². The summed E-state index contributed by atoms with van der Waals surface area (Å²) in [7, 11) is 0. The highest BCUT2D eigenvalue weighted by atomic mass is 16.4. The van der Waals surface area contributed by atoms with Crippen molar-refractivity contribution in [3.8, 4) is 0 Å². The van der Waals surface area contributed by atoms with Crippen molar-refractivity contribution in [2.24, 2.45) is 11.8 Å². The Hall–Kier alpha value is -1.64. The molecule has 1 rings (SSSR count). The first-order valence-corrected chi connectivity index (χ1v) is 7.23. The molecule has 20 heavy (non-hydrogen) atoms. The molecule has 3 nitrogen and oxygen atoms in total. The Morgan fingerprint density at radius 3 is 2.55 bits per heavy atom. The van der Waals surface area contributed by atoms with Gasteiger partial charge in [-0.2, -0.15) is 0 Å². The summed E-state index contributed by atoms with van der Waals surface area (Å²) in [6, 6.07) is 0. The number of carboxylic acid groups (broad SMARTS) is 1. The van der Waals surface area contributed by atoms with Gasteiger partial charge in [0.15, 0.2) is 0 Å². The summed E-state index contributed by atoms with van der Waals surface area (Å²) in [6.07, 6.45) is 11.7. The molecule has 0 radical (unpaired) electrons. The molecule has 3 heteroatoms. The summed E-state index contributed by atoms with van der Waals surface area (Å²) < 4.78 is 0. The first-order valence-electron chi connectivity index (χ1n) is 7.23. The third kappa shape index (κ3) is 6.50. The van der Waals surface area contributed by atoms with E-state index in [4.69, 9.17) is 10.5 Å². The van der Waals surface area contributed by atoms with Gasteiger partial charge < -0.3 is 10.5 Å². The molecule has 1 aliphatic carbocycles. The van der Waals surface area contributed by atoms with Crippen molar-refractivity contribution in [1.82, 2.24) is 0 Å². The third-order valence-electron chi connectivity index (χ3n) is 3.52. The van der Waals surface area contributed by atoms with Crippen LogP contribution in [-0.4, -0.2) is 16.8 Å². The van der Waals surface area contributed by atoms with E-state index in [2.05, 4.69) is 13.5 Å². The van der Waals surface area contributed by atoms with Gasteiger partial charge in [0.25, 0.3) is 0 Å². The number of allylic oxidation sites excluding steroid dienone is 4. The second kappa shape index (κ2) is 10.2. The first-order chi connectivity index (χ1) is 9.47. The largest absolute Gasteiger partial charge is 0.481 e. The van der Waals surface area contributed by atoms with Crippen molar-refractivity contribution in [3.05, 3.63) is 36.5 Å². The zero-order chi connectivity index (χ0) is 15.5. The fourth-order valence-electron chi connectivity index (χ4n) is 2.18. The fraction of sp³-hybridized carbons (Fsp3) is 0.529. The van der Waals surface area contributed by atoms with Crippen molar-refractivity contribution in [2.75, 3.05) is 0 Å². The van der Waals surface area contributed by atoms with Crippen LogP contribution in [0.3, 0.4) is 0 Å². The van der Waals surface area contributed by atoms with Crippen molar-refractivity contribution in [2.45, 2.75) is 46.5 Å². The monoisotopic (exact) mass is 277 g/mol. The van der Waals surface area contributed by atoms with E-state index in [0.29, 0.717) is 5.92 Å². The van der Waals surface area contributed by atoms with E-state index in [1.165, 1.54) is 19.3 Å². The van der Waals surface area contributed by atoms with Gasteiger partial charge in [0, 0.05) is 5.71 Å². The van der Waals surface area contributed by atoms with E-state index in [9.17, 15) is 4.79 Å². The lowest BCUT2D eigenvalue weighted by atomic mass is 10.0. The van der Waals surface area contributed by atoms with Gasteiger partial charge in [-0.05, 0) is 51.0 Å². The van der Waals surface area contributed by atoms with Crippen LogP contribution in [0.5, 0.6) is 0 Å². The maximum atomic E-state index is 10.6. The molecular weight excluding hydrogens is 250 g/mol. The lowest BCUT2D eigenvalue weighted by Crippen LogP contribution is -2.10. The van der Waals surface area contributed by atoms with Gasteiger partial charge in [0.2, 0.25) is 0 Å². The molecule has 0 aromatic rings. The Balaban J connectivity index is 0.000000388. The Bertz CT molecular complexity index is 394. The maximum absolute atomic E-state index is 10.6. The van der Waals surface area contributed by atoms with Gasteiger partial charge in [-0.1, -0.05) is 37.8 Å². The lowest BCUT2D eigenvalue weighted by Gasteiger charge is -2.05. The van der Waals surface area contributed by atoms with Crippen LogP contribution in [0.4, 0.5) is 0 Å². The van der Waals surface area contributed by atoms with Gasteiger partial charge in [-0.15, -0.1) is 0 Å². The summed E-state index contributed by atoms with van der Waals surface area (Å²) in [4.78, 5) is 10.6. The number of hydrogen-bond donors (Lipinski definition) is 2. The Morgan fingerprint density at radius 2 is 2.25 bits per heavy atom. The van der Waals surface area contributed by atoms with E-state index in [1.54, 1.807) is 25.2 Å². The highest BCUT2D eigenvalue weighted by molar-refractivity contribution is 5.85. The highest BCUT2D eigenvalue weighted by Crippen LogP contribution is 2.23. The zero-order valence-electron chi connectivity index (χ0n) is 12.9. The minimum atomic E-state index is -0.818. The lowest BCUT2D eigenvalue weighted by molar-refractivity contribution is -0.139. The molecule has 0 aliphatic heterocycles. The smallest absolute Gasteiger partial charge is 0.310 e. The summed E-state index contributed by atoms with van der Waals surface area (Å²) in [5.74, 6) is -0.643. The maximum Gasteiger partial charge on any atom is 0.310 e. The molecule has 2 N–H and O–H groups in total. The normalized spacial score (nSPS) is 20.4. The molecule has 2 atom stereocenters. The average molecular weight is 277 g/mol. The molecule has 0 aromatic heterocycles. The van der Waals surface area contributed by atoms with Gasteiger partial charge in [0.05, 0.1) is 5.92 Å². The fourth-order valence-corrected chi connectivity index (χ4v) is 2.18. The molecule has 0 bridgehead atoms. The number of carbonyl (C=O) groups is 1.